The lowest BCUT2D eigenvalue weighted by molar-refractivity contribution is -0.131. The first-order valence-corrected chi connectivity index (χ1v) is 16.6. The number of ketones is 1. The third-order valence-electron chi connectivity index (χ3n) is 9.51. The molecule has 9 nitrogen and oxygen atoms in total. The van der Waals surface area contributed by atoms with Gasteiger partial charge in [-0.25, -0.2) is 0 Å². The number of methoxy groups -OCH3 is 3. The average molecular weight is 651 g/mol. The van der Waals surface area contributed by atoms with Crippen LogP contribution in [0, 0.1) is 5.41 Å². The zero-order valence-corrected chi connectivity index (χ0v) is 28.6. The number of allylic oxidation sites excluding steroid dienone is 1. The van der Waals surface area contributed by atoms with Gasteiger partial charge in [0.25, 0.3) is 0 Å². The molecule has 0 bridgehead atoms. The van der Waals surface area contributed by atoms with Gasteiger partial charge in [0.15, 0.2) is 17.3 Å². The lowest BCUT2D eigenvalue weighted by Gasteiger charge is -2.40. The van der Waals surface area contributed by atoms with E-state index in [-0.39, 0.29) is 23.7 Å². The van der Waals surface area contributed by atoms with Crippen molar-refractivity contribution in [1.82, 2.24) is 9.80 Å². The van der Waals surface area contributed by atoms with E-state index in [1.807, 2.05) is 59.5 Å². The second kappa shape index (κ2) is 14.2. The normalized spacial score (nSPS) is 19.4. The molecule has 48 heavy (non-hydrogen) atoms. The zero-order chi connectivity index (χ0) is 33.8. The van der Waals surface area contributed by atoms with E-state index in [9.17, 15) is 9.59 Å². The molecule has 1 amide bonds. The van der Waals surface area contributed by atoms with E-state index in [0.29, 0.717) is 48.8 Å². The molecule has 1 aliphatic carbocycles. The minimum atomic E-state index is -0.568. The van der Waals surface area contributed by atoms with Crippen LogP contribution in [0.1, 0.15) is 43.9 Å². The summed E-state index contributed by atoms with van der Waals surface area (Å²) in [5.74, 6) is 1.54. The fourth-order valence-corrected chi connectivity index (χ4v) is 7.16. The third kappa shape index (κ3) is 6.92. The fraction of sp³-hybridized carbons (Fsp3) is 0.385. The van der Waals surface area contributed by atoms with Gasteiger partial charge in [-0.3, -0.25) is 14.5 Å². The minimum absolute atomic E-state index is 0.0226. The fourth-order valence-electron chi connectivity index (χ4n) is 7.16. The van der Waals surface area contributed by atoms with Crippen LogP contribution in [0.5, 0.6) is 17.2 Å². The Morgan fingerprint density at radius 2 is 1.56 bits per heavy atom. The number of hydrogen-bond acceptors (Lipinski definition) is 8. The highest BCUT2D eigenvalue weighted by atomic mass is 16.5. The van der Waals surface area contributed by atoms with Gasteiger partial charge >= 0.3 is 0 Å². The van der Waals surface area contributed by atoms with Crippen LogP contribution in [0.2, 0.25) is 0 Å². The number of benzene rings is 3. The highest BCUT2D eigenvalue weighted by Gasteiger charge is 2.43. The van der Waals surface area contributed by atoms with Crippen LogP contribution < -0.4 is 24.4 Å². The maximum atomic E-state index is 14.2. The number of Topliss-reactive ketones (excluding diaryl/α,β-unsaturated/α-hetero) is 1. The Bertz CT molecular complexity index is 1680. The standard InChI is InChI=1S/C39H46N4O5/c1-39(2)24-30-36(32(44)25-39)37(28-22-33(46-3)38(48-5)34(23-28)47-4)43(31-16-10-9-15-29(31)40-30)26-35(45)42-20-18-41(19-21-42)17-11-14-27-12-7-6-8-13-27/h6-16,22-23,37,40H,17-21,24-26H2,1-5H3/b14-11+. The van der Waals surface area contributed by atoms with Gasteiger partial charge in [-0.2, -0.15) is 0 Å². The van der Waals surface area contributed by atoms with Crippen LogP contribution in [0.25, 0.3) is 6.08 Å². The number of ether oxygens (including phenoxy) is 3. The van der Waals surface area contributed by atoms with E-state index in [4.69, 9.17) is 14.2 Å². The van der Waals surface area contributed by atoms with Gasteiger partial charge in [0.2, 0.25) is 11.7 Å². The van der Waals surface area contributed by atoms with Crippen molar-refractivity contribution in [3.05, 3.63) is 95.2 Å². The van der Waals surface area contributed by atoms with E-state index < -0.39 is 6.04 Å². The first kappa shape index (κ1) is 33.2. The largest absolute Gasteiger partial charge is 0.493 e. The van der Waals surface area contributed by atoms with Crippen molar-refractivity contribution in [2.45, 2.75) is 32.7 Å². The molecule has 1 fully saturated rings. The Labute approximate surface area is 283 Å². The molecule has 2 aliphatic heterocycles. The summed E-state index contributed by atoms with van der Waals surface area (Å²) in [5, 5.41) is 3.64. The smallest absolute Gasteiger partial charge is 0.242 e. The maximum absolute atomic E-state index is 14.2. The van der Waals surface area contributed by atoms with Gasteiger partial charge in [0.1, 0.15) is 0 Å². The Morgan fingerprint density at radius 3 is 2.23 bits per heavy atom. The quantitative estimate of drug-likeness (QED) is 0.294. The summed E-state index contributed by atoms with van der Waals surface area (Å²) in [6, 6.07) is 21.5. The maximum Gasteiger partial charge on any atom is 0.242 e. The number of piperazine rings is 1. The molecule has 1 unspecified atom stereocenters. The number of nitrogens with zero attached hydrogens (tertiary/aromatic N) is 3. The number of nitrogens with one attached hydrogen (secondary N) is 1. The molecule has 3 aromatic carbocycles. The van der Waals surface area contributed by atoms with E-state index >= 15 is 0 Å². The topological polar surface area (TPSA) is 83.6 Å². The number of para-hydroxylation sites is 2. The Hall–Kier alpha value is -4.76. The summed E-state index contributed by atoms with van der Waals surface area (Å²) in [5.41, 5.74) is 5.03. The van der Waals surface area contributed by atoms with Crippen LogP contribution >= 0.6 is 0 Å². The molecule has 1 N–H and O–H groups in total. The number of carbonyl (C=O) groups is 2. The number of hydrogen-bond donors (Lipinski definition) is 1. The molecule has 1 atom stereocenters. The summed E-state index contributed by atoms with van der Waals surface area (Å²) in [7, 11) is 4.74. The minimum Gasteiger partial charge on any atom is -0.493 e. The van der Waals surface area contributed by atoms with Gasteiger partial charge in [-0.15, -0.1) is 0 Å². The van der Waals surface area contributed by atoms with Crippen LogP contribution in [0.4, 0.5) is 11.4 Å². The second-order valence-electron chi connectivity index (χ2n) is 13.5. The molecule has 9 heteroatoms. The average Bonchev–Trinajstić information content (AvgIpc) is 3.22. The summed E-state index contributed by atoms with van der Waals surface area (Å²) < 4.78 is 17.2. The van der Waals surface area contributed by atoms with Crippen molar-refractivity contribution in [2.24, 2.45) is 5.41 Å². The summed E-state index contributed by atoms with van der Waals surface area (Å²) >= 11 is 0. The highest BCUT2D eigenvalue weighted by molar-refractivity contribution is 6.02. The molecular weight excluding hydrogens is 604 g/mol. The second-order valence-corrected chi connectivity index (χ2v) is 13.5. The lowest BCUT2D eigenvalue weighted by Crippen LogP contribution is -2.51. The van der Waals surface area contributed by atoms with Crippen LogP contribution in [-0.4, -0.2) is 82.1 Å². The summed E-state index contributed by atoms with van der Waals surface area (Å²) in [6.07, 6.45) is 5.44. The van der Waals surface area contributed by atoms with Crippen molar-refractivity contribution >= 4 is 29.1 Å². The van der Waals surface area contributed by atoms with Crippen molar-refractivity contribution < 1.29 is 23.8 Å². The van der Waals surface area contributed by atoms with Gasteiger partial charge in [-0.05, 0) is 47.2 Å². The molecule has 0 saturated carbocycles. The number of amides is 1. The number of anilines is 2. The number of rotatable bonds is 9. The monoisotopic (exact) mass is 650 g/mol. The molecule has 0 aromatic heterocycles. The summed E-state index contributed by atoms with van der Waals surface area (Å²) in [4.78, 5) is 34.8. The predicted octanol–water partition coefficient (Wildman–Crippen LogP) is 6.19. The molecule has 3 aromatic rings. The van der Waals surface area contributed by atoms with E-state index in [2.05, 4.69) is 53.2 Å². The number of fused-ring (bicyclic) bond motifs is 1. The first-order chi connectivity index (χ1) is 23.2. The van der Waals surface area contributed by atoms with E-state index in [1.165, 1.54) is 5.56 Å². The summed E-state index contributed by atoms with van der Waals surface area (Å²) in [6.45, 7) is 8.05. The van der Waals surface area contributed by atoms with Crippen molar-refractivity contribution in [3.63, 3.8) is 0 Å². The molecule has 3 aliphatic rings. The van der Waals surface area contributed by atoms with Gasteiger partial charge in [0.05, 0.1) is 45.3 Å². The Morgan fingerprint density at radius 1 is 0.896 bits per heavy atom. The Balaban J connectivity index is 1.33. The van der Waals surface area contributed by atoms with Crippen molar-refractivity contribution in [2.75, 3.05) is 70.8 Å². The molecule has 6 rings (SSSR count). The molecule has 0 radical (unpaired) electrons. The van der Waals surface area contributed by atoms with Crippen LogP contribution in [0.15, 0.2) is 84.1 Å². The van der Waals surface area contributed by atoms with Gasteiger partial charge < -0.3 is 29.3 Å². The SMILES string of the molecule is COc1cc(C2C3=C(CC(C)(C)CC3=O)Nc3ccccc3N2CC(=O)N2CCN(C/C=C/c3ccccc3)CC2)cc(OC)c1OC. The molecule has 252 valence electrons. The van der Waals surface area contributed by atoms with Crippen LogP contribution in [-0.2, 0) is 9.59 Å². The molecule has 0 spiro atoms. The van der Waals surface area contributed by atoms with Crippen molar-refractivity contribution in [1.29, 1.82) is 0 Å². The molecule has 1 saturated heterocycles. The predicted molar refractivity (Wildman–Crippen MR) is 190 cm³/mol. The first-order valence-electron chi connectivity index (χ1n) is 16.6. The number of carbonyl (C=O) groups excluding carboxylic acids is 2. The van der Waals surface area contributed by atoms with Gasteiger partial charge in [0, 0.05) is 50.4 Å². The van der Waals surface area contributed by atoms with E-state index in [0.717, 1.165) is 42.3 Å². The third-order valence-corrected chi connectivity index (χ3v) is 9.51. The lowest BCUT2D eigenvalue weighted by atomic mass is 9.73. The molecule has 2 heterocycles. The van der Waals surface area contributed by atoms with Gasteiger partial charge in [-0.1, -0.05) is 68.5 Å². The van der Waals surface area contributed by atoms with Crippen molar-refractivity contribution in [3.8, 4) is 17.2 Å². The van der Waals surface area contributed by atoms with Crippen LogP contribution in [0.3, 0.4) is 0 Å². The van der Waals surface area contributed by atoms with E-state index in [1.54, 1.807) is 21.3 Å². The molecular formula is C39H46N4O5. The zero-order valence-electron chi connectivity index (χ0n) is 28.6. The Kier molecular flexibility index (Phi) is 9.78. The highest BCUT2D eigenvalue weighted by Crippen LogP contribution is 2.50.